The van der Waals surface area contributed by atoms with Crippen LogP contribution in [0.3, 0.4) is 0 Å². The summed E-state index contributed by atoms with van der Waals surface area (Å²) in [6.45, 7) is 1.42. The largest absolute Gasteiger partial charge is 0.395 e. The highest BCUT2D eigenvalue weighted by Gasteiger charge is 2.32. The first-order valence-electron chi connectivity index (χ1n) is 9.35. The summed E-state index contributed by atoms with van der Waals surface area (Å²) >= 11 is 0. The van der Waals surface area contributed by atoms with Crippen molar-refractivity contribution in [2.45, 2.75) is 13.0 Å². The summed E-state index contributed by atoms with van der Waals surface area (Å²) in [7, 11) is 0. The highest BCUT2D eigenvalue weighted by molar-refractivity contribution is 6.26. The molecule has 0 spiro atoms. The third-order valence-corrected chi connectivity index (χ3v) is 5.14. The van der Waals surface area contributed by atoms with E-state index in [4.69, 9.17) is 5.11 Å². The maximum atomic E-state index is 13.3. The van der Waals surface area contributed by atoms with Crippen molar-refractivity contribution in [2.24, 2.45) is 0 Å². The third-order valence-electron chi connectivity index (χ3n) is 5.14. The maximum Gasteiger partial charge on any atom is 0.270 e. The maximum absolute atomic E-state index is 13.3. The van der Waals surface area contributed by atoms with E-state index in [1.807, 2.05) is 12.1 Å². The molecule has 1 heterocycles. The molecule has 0 atom stereocenters. The van der Waals surface area contributed by atoms with Gasteiger partial charge in [0.05, 0.1) is 28.2 Å². The molecule has 0 fully saturated rings. The highest BCUT2D eigenvalue weighted by Crippen LogP contribution is 2.39. The van der Waals surface area contributed by atoms with Crippen LogP contribution in [-0.4, -0.2) is 40.1 Å². The van der Waals surface area contributed by atoms with E-state index >= 15 is 0 Å². The second kappa shape index (κ2) is 7.57. The highest BCUT2D eigenvalue weighted by atomic mass is 16.6. The van der Waals surface area contributed by atoms with Gasteiger partial charge in [0, 0.05) is 41.7 Å². The lowest BCUT2D eigenvalue weighted by Crippen LogP contribution is -2.26. The van der Waals surface area contributed by atoms with Gasteiger partial charge in [-0.3, -0.25) is 19.7 Å². The Hall–Kier alpha value is -3.36. The van der Waals surface area contributed by atoms with Crippen LogP contribution in [-0.2, 0) is 6.54 Å². The smallest absolute Gasteiger partial charge is 0.270 e. The summed E-state index contributed by atoms with van der Waals surface area (Å²) in [5, 5.41) is 23.7. The Labute approximate surface area is 165 Å². The Morgan fingerprint density at radius 2 is 1.79 bits per heavy atom. The molecule has 8 heteroatoms. The number of nitro groups is 1. The monoisotopic (exact) mass is 393 g/mol. The first kappa shape index (κ1) is 19.0. The van der Waals surface area contributed by atoms with Crippen LogP contribution in [0, 0.1) is 10.1 Å². The molecular weight excluding hydrogens is 374 g/mol. The van der Waals surface area contributed by atoms with Gasteiger partial charge < -0.3 is 15.0 Å². The molecule has 3 aromatic rings. The number of fused-ring (bicyclic) bond motifs is 5. The Morgan fingerprint density at radius 1 is 1.03 bits per heavy atom. The minimum absolute atomic E-state index is 0.0247. The number of nitro benzene ring substituents is 1. The first-order valence-corrected chi connectivity index (χ1v) is 9.35. The number of non-ortho nitro benzene ring substituents is 1. The lowest BCUT2D eigenvalue weighted by Gasteiger charge is -2.15. The van der Waals surface area contributed by atoms with Gasteiger partial charge in [-0.05, 0) is 19.0 Å². The summed E-state index contributed by atoms with van der Waals surface area (Å²) in [6.07, 6.45) is 0.600. The topological polar surface area (TPSA) is 114 Å². The molecule has 0 saturated heterocycles. The van der Waals surface area contributed by atoms with E-state index < -0.39 is 4.92 Å². The molecule has 0 amide bonds. The molecule has 0 bridgehead atoms. The van der Waals surface area contributed by atoms with Gasteiger partial charge in [0.15, 0.2) is 5.78 Å². The molecule has 1 aliphatic rings. The van der Waals surface area contributed by atoms with Crippen LogP contribution >= 0.6 is 0 Å². The number of rotatable bonds is 7. The van der Waals surface area contributed by atoms with E-state index in [1.54, 1.807) is 16.7 Å². The number of carbonyl (C=O) groups excluding carboxylic acids is 1. The number of aromatic nitrogens is 1. The predicted octanol–water partition coefficient (Wildman–Crippen LogP) is 2.09. The number of carbonyl (C=O) groups is 1. The zero-order valence-corrected chi connectivity index (χ0v) is 15.6. The second-order valence-corrected chi connectivity index (χ2v) is 6.87. The van der Waals surface area contributed by atoms with Crippen molar-refractivity contribution in [1.29, 1.82) is 0 Å². The summed E-state index contributed by atoms with van der Waals surface area (Å²) in [5.74, 6) is -0.179. The molecule has 1 aliphatic carbocycles. The lowest BCUT2D eigenvalue weighted by atomic mass is 10.0. The Balaban J connectivity index is 1.93. The zero-order chi connectivity index (χ0) is 20.5. The molecule has 1 aromatic heterocycles. The summed E-state index contributed by atoms with van der Waals surface area (Å²) < 4.78 is 1.55. The second-order valence-electron chi connectivity index (χ2n) is 6.87. The Kier molecular flexibility index (Phi) is 4.96. The van der Waals surface area contributed by atoms with Crippen molar-refractivity contribution in [3.8, 4) is 11.3 Å². The molecule has 0 radical (unpaired) electrons. The van der Waals surface area contributed by atoms with Gasteiger partial charge in [-0.25, -0.2) is 0 Å². The lowest BCUT2D eigenvalue weighted by molar-refractivity contribution is -0.384. The van der Waals surface area contributed by atoms with Gasteiger partial charge >= 0.3 is 0 Å². The predicted molar refractivity (Wildman–Crippen MR) is 108 cm³/mol. The van der Waals surface area contributed by atoms with Crippen LogP contribution in [0.4, 0.5) is 5.69 Å². The average molecular weight is 393 g/mol. The number of nitrogens with one attached hydrogen (secondary N) is 1. The van der Waals surface area contributed by atoms with E-state index in [9.17, 15) is 19.7 Å². The number of benzene rings is 2. The van der Waals surface area contributed by atoms with Gasteiger partial charge in [-0.15, -0.1) is 0 Å². The fraction of sp³-hybridized carbons (Fsp3) is 0.238. The van der Waals surface area contributed by atoms with E-state index in [1.165, 1.54) is 18.2 Å². The molecule has 4 rings (SSSR count). The fourth-order valence-electron chi connectivity index (χ4n) is 3.86. The molecule has 29 heavy (non-hydrogen) atoms. The Bertz CT molecular complexity index is 1200. The van der Waals surface area contributed by atoms with E-state index in [0.717, 1.165) is 0 Å². The van der Waals surface area contributed by atoms with Crippen LogP contribution in [0.15, 0.2) is 47.3 Å². The van der Waals surface area contributed by atoms with Crippen molar-refractivity contribution in [3.05, 3.63) is 74.1 Å². The molecular formula is C21H19N3O5. The number of pyridine rings is 1. The Morgan fingerprint density at radius 3 is 2.52 bits per heavy atom. The van der Waals surface area contributed by atoms with Crippen molar-refractivity contribution in [2.75, 3.05) is 19.7 Å². The van der Waals surface area contributed by atoms with Crippen LogP contribution in [0.25, 0.3) is 22.0 Å². The minimum Gasteiger partial charge on any atom is -0.395 e. The van der Waals surface area contributed by atoms with Crippen LogP contribution in [0.5, 0.6) is 0 Å². The normalized spacial score (nSPS) is 12.2. The van der Waals surface area contributed by atoms with Gasteiger partial charge in [-0.1, -0.05) is 24.3 Å². The number of aliphatic hydroxyl groups excluding tert-OH is 1. The number of nitrogens with zero attached hydrogens (tertiary/aromatic N) is 2. The van der Waals surface area contributed by atoms with Gasteiger partial charge in [0.2, 0.25) is 0 Å². The summed E-state index contributed by atoms with van der Waals surface area (Å²) in [5.41, 5.74) is 1.67. The van der Waals surface area contributed by atoms with Crippen LogP contribution in [0.1, 0.15) is 22.3 Å². The van der Waals surface area contributed by atoms with Gasteiger partial charge in [0.1, 0.15) is 0 Å². The molecule has 148 valence electrons. The van der Waals surface area contributed by atoms with Crippen molar-refractivity contribution in [1.82, 2.24) is 9.88 Å². The number of hydrogen-bond donors (Lipinski definition) is 2. The number of hydrogen-bond acceptors (Lipinski definition) is 6. The van der Waals surface area contributed by atoms with Gasteiger partial charge in [0.25, 0.3) is 11.2 Å². The van der Waals surface area contributed by atoms with E-state index in [-0.39, 0.29) is 29.0 Å². The molecule has 0 aliphatic heterocycles. The molecule has 8 nitrogen and oxygen atoms in total. The fourth-order valence-corrected chi connectivity index (χ4v) is 3.86. The number of aliphatic hydroxyl groups is 1. The molecule has 0 saturated carbocycles. The minimum atomic E-state index is -0.550. The van der Waals surface area contributed by atoms with Gasteiger partial charge in [-0.2, -0.15) is 0 Å². The zero-order valence-electron chi connectivity index (χ0n) is 15.6. The summed E-state index contributed by atoms with van der Waals surface area (Å²) in [6, 6.07) is 11.2. The third kappa shape index (κ3) is 3.12. The van der Waals surface area contributed by atoms with Crippen molar-refractivity contribution < 1.29 is 14.8 Å². The standard InChI is InChI=1S/C21H19N3O5/c25-11-9-22-8-3-10-23-19-15-4-1-2-5-16(15)20(26)18(19)14-7-6-13(24(28)29)12-17(14)21(23)27/h1-2,4-7,12,22,25H,3,8-11H2. The van der Waals surface area contributed by atoms with E-state index in [2.05, 4.69) is 5.32 Å². The molecule has 2 aromatic carbocycles. The SMILES string of the molecule is O=C1c2ccccc2-c2c1c1ccc([N+](=O)[O-])cc1c(=O)n2CCCNCCO. The number of ketones is 1. The van der Waals surface area contributed by atoms with E-state index in [0.29, 0.717) is 53.8 Å². The average Bonchev–Trinajstić information content (AvgIpc) is 3.02. The molecule has 2 N–H and O–H groups in total. The van der Waals surface area contributed by atoms with Crippen LogP contribution in [0.2, 0.25) is 0 Å². The first-order chi connectivity index (χ1) is 14.0. The molecule has 0 unspecified atom stereocenters. The summed E-state index contributed by atoms with van der Waals surface area (Å²) in [4.78, 5) is 37.0. The van der Waals surface area contributed by atoms with Crippen molar-refractivity contribution >= 4 is 22.2 Å². The quantitative estimate of drug-likeness (QED) is 0.282. The van der Waals surface area contributed by atoms with Crippen LogP contribution < -0.4 is 10.9 Å². The van der Waals surface area contributed by atoms with Crippen molar-refractivity contribution in [3.63, 3.8) is 0 Å².